The number of nitrogens with one attached hydrogen (secondary N) is 1. The van der Waals surface area contributed by atoms with Crippen LogP contribution in [0.25, 0.3) is 69.5 Å². The second-order valence-corrected chi connectivity index (χ2v) is 11.7. The number of aromatic nitrogens is 1. The summed E-state index contributed by atoms with van der Waals surface area (Å²) in [4.78, 5) is 3.85. The molecule has 0 bridgehead atoms. The summed E-state index contributed by atoms with van der Waals surface area (Å²) >= 11 is 1.88. The molecule has 39 heavy (non-hydrogen) atoms. The number of hydrogen-bond acceptors (Lipinski definition) is 1. The Morgan fingerprint density at radius 1 is 0.744 bits per heavy atom. The van der Waals surface area contributed by atoms with Crippen molar-refractivity contribution in [3.8, 4) is 11.1 Å². The van der Waals surface area contributed by atoms with Gasteiger partial charge in [-0.2, -0.15) is 0 Å². The fraction of sp³-hybridized carbons (Fsp3) is 0.0811. The topological polar surface area (TPSA) is 15.8 Å². The zero-order valence-electron chi connectivity index (χ0n) is 21.6. The molecular weight excluding hydrogens is 490 g/mol. The second-order valence-electron chi connectivity index (χ2n) is 10.6. The molecule has 0 saturated carbocycles. The number of allylic oxidation sites excluding steroid dienone is 5. The maximum atomic E-state index is 4.48. The van der Waals surface area contributed by atoms with Crippen LogP contribution in [0.15, 0.2) is 121 Å². The van der Waals surface area contributed by atoms with Gasteiger partial charge in [0.1, 0.15) is 0 Å². The lowest BCUT2D eigenvalue weighted by molar-refractivity contribution is 0.901. The van der Waals surface area contributed by atoms with Crippen LogP contribution in [-0.4, -0.2) is 4.98 Å². The van der Waals surface area contributed by atoms with Crippen LogP contribution in [0.2, 0.25) is 0 Å². The van der Waals surface area contributed by atoms with Crippen LogP contribution < -0.4 is 0 Å². The SMILES string of the molecule is C=C(/C=C1\CC=CCC1)c1cccc2c1[nH]c1c2ccc2c3cc(-c4cccc5ccccc45)ccc3sc21. The van der Waals surface area contributed by atoms with Crippen molar-refractivity contribution in [1.82, 2.24) is 4.98 Å². The third-order valence-corrected chi connectivity index (χ3v) is 9.45. The van der Waals surface area contributed by atoms with Crippen molar-refractivity contribution in [3.63, 3.8) is 0 Å². The Hall–Kier alpha value is -4.40. The first-order chi connectivity index (χ1) is 19.2. The quantitative estimate of drug-likeness (QED) is 0.224. The van der Waals surface area contributed by atoms with Crippen molar-refractivity contribution in [1.29, 1.82) is 0 Å². The standard InChI is InChI=1S/C37H27NS/c1-23(21-24-9-3-2-4-10-24)27-14-8-16-30-31-18-19-32-33-22-26(29-15-7-12-25-11-5-6-13-28(25)29)17-20-34(33)39-37(32)36(31)38-35(27)30/h2-3,5-8,11-22,38H,1,4,9-10H2/b24-21+. The zero-order chi connectivity index (χ0) is 25.9. The molecule has 1 aliphatic carbocycles. The molecule has 0 unspecified atom stereocenters. The van der Waals surface area contributed by atoms with E-state index in [1.54, 1.807) is 0 Å². The minimum absolute atomic E-state index is 1.03. The highest BCUT2D eigenvalue weighted by Crippen LogP contribution is 2.43. The van der Waals surface area contributed by atoms with Crippen LogP contribution >= 0.6 is 11.3 Å². The maximum absolute atomic E-state index is 4.48. The van der Waals surface area contributed by atoms with Gasteiger partial charge in [-0.25, -0.2) is 0 Å². The smallest absolute Gasteiger partial charge is 0.0646 e. The number of hydrogen-bond donors (Lipinski definition) is 1. The summed E-state index contributed by atoms with van der Waals surface area (Å²) in [6, 6.07) is 33.4. The van der Waals surface area contributed by atoms with Gasteiger partial charge in [-0.1, -0.05) is 109 Å². The highest BCUT2D eigenvalue weighted by molar-refractivity contribution is 7.26. The number of rotatable bonds is 3. The number of H-pyrrole nitrogens is 1. The molecule has 0 saturated heterocycles. The van der Waals surface area contributed by atoms with Crippen LogP contribution in [-0.2, 0) is 0 Å². The molecule has 0 atom stereocenters. The van der Waals surface area contributed by atoms with Gasteiger partial charge in [0.25, 0.3) is 0 Å². The van der Waals surface area contributed by atoms with Crippen molar-refractivity contribution in [2.45, 2.75) is 19.3 Å². The summed E-state index contributed by atoms with van der Waals surface area (Å²) in [5.41, 5.74) is 8.70. The van der Waals surface area contributed by atoms with Crippen LogP contribution in [0, 0.1) is 0 Å². The molecule has 186 valence electrons. The molecule has 5 aromatic carbocycles. The average molecular weight is 518 g/mol. The summed E-state index contributed by atoms with van der Waals surface area (Å²) in [6.45, 7) is 4.48. The third-order valence-electron chi connectivity index (χ3n) is 8.25. The molecule has 2 aromatic heterocycles. The van der Waals surface area contributed by atoms with Gasteiger partial charge in [-0.05, 0) is 58.9 Å². The molecule has 7 aromatic rings. The molecule has 1 N–H and O–H groups in total. The summed E-state index contributed by atoms with van der Waals surface area (Å²) in [6.07, 6.45) is 10.1. The van der Waals surface area contributed by atoms with Gasteiger partial charge < -0.3 is 4.98 Å². The maximum Gasteiger partial charge on any atom is 0.0646 e. The monoisotopic (exact) mass is 517 g/mol. The molecule has 0 radical (unpaired) electrons. The first-order valence-corrected chi connectivity index (χ1v) is 14.5. The minimum Gasteiger partial charge on any atom is -0.353 e. The number of fused-ring (bicyclic) bond motifs is 8. The normalized spacial score (nSPS) is 14.9. The van der Waals surface area contributed by atoms with Gasteiger partial charge in [-0.15, -0.1) is 11.3 Å². The predicted octanol–water partition coefficient (Wildman–Crippen LogP) is 11.2. The van der Waals surface area contributed by atoms with E-state index in [4.69, 9.17) is 0 Å². The first-order valence-electron chi connectivity index (χ1n) is 13.7. The van der Waals surface area contributed by atoms with Crippen LogP contribution in [0.1, 0.15) is 24.8 Å². The largest absolute Gasteiger partial charge is 0.353 e. The molecule has 2 heteroatoms. The summed E-state index contributed by atoms with van der Waals surface area (Å²) in [7, 11) is 0. The van der Waals surface area contributed by atoms with E-state index in [0.717, 1.165) is 24.8 Å². The Bertz CT molecular complexity index is 2160. The molecule has 1 nitrogen and oxygen atoms in total. The van der Waals surface area contributed by atoms with Crippen molar-refractivity contribution in [3.05, 3.63) is 127 Å². The molecule has 0 amide bonds. The Balaban J connectivity index is 1.31. The lowest BCUT2D eigenvalue weighted by atomic mass is 9.95. The number of thiophene rings is 1. The summed E-state index contributed by atoms with van der Waals surface area (Å²) in [5, 5.41) is 7.75. The van der Waals surface area contributed by atoms with Crippen molar-refractivity contribution >= 4 is 69.7 Å². The average Bonchev–Trinajstić information content (AvgIpc) is 3.55. The summed E-state index contributed by atoms with van der Waals surface area (Å²) in [5.74, 6) is 0. The molecule has 2 heterocycles. The molecule has 8 rings (SSSR count). The molecule has 0 aliphatic heterocycles. The second kappa shape index (κ2) is 8.83. The number of benzene rings is 5. The Morgan fingerprint density at radius 2 is 1.56 bits per heavy atom. The van der Waals surface area contributed by atoms with Gasteiger partial charge in [0.05, 0.1) is 15.7 Å². The van der Waals surface area contributed by atoms with Crippen molar-refractivity contribution in [2.75, 3.05) is 0 Å². The highest BCUT2D eigenvalue weighted by Gasteiger charge is 2.16. The van der Waals surface area contributed by atoms with Crippen LogP contribution in [0.4, 0.5) is 0 Å². The first kappa shape index (κ1) is 22.6. The highest BCUT2D eigenvalue weighted by atomic mass is 32.1. The van der Waals surface area contributed by atoms with E-state index in [1.165, 1.54) is 75.0 Å². The van der Waals surface area contributed by atoms with Gasteiger partial charge >= 0.3 is 0 Å². The van der Waals surface area contributed by atoms with Gasteiger partial charge in [-0.3, -0.25) is 0 Å². The fourth-order valence-electron chi connectivity index (χ4n) is 6.32. The van der Waals surface area contributed by atoms with E-state index >= 15 is 0 Å². The third kappa shape index (κ3) is 3.60. The molecule has 1 aliphatic rings. The van der Waals surface area contributed by atoms with E-state index in [9.17, 15) is 0 Å². The zero-order valence-corrected chi connectivity index (χ0v) is 22.4. The van der Waals surface area contributed by atoms with Gasteiger partial charge in [0.2, 0.25) is 0 Å². The lowest BCUT2D eigenvalue weighted by Gasteiger charge is -2.10. The lowest BCUT2D eigenvalue weighted by Crippen LogP contribution is -1.90. The van der Waals surface area contributed by atoms with Crippen LogP contribution in [0.5, 0.6) is 0 Å². The number of aromatic amines is 1. The van der Waals surface area contributed by atoms with Gasteiger partial charge in [0.15, 0.2) is 0 Å². The molecular formula is C37H27NS. The van der Waals surface area contributed by atoms with E-state index in [-0.39, 0.29) is 0 Å². The van der Waals surface area contributed by atoms with Gasteiger partial charge in [0, 0.05) is 31.8 Å². The van der Waals surface area contributed by atoms with E-state index in [2.05, 4.69) is 121 Å². The molecule has 0 spiro atoms. The van der Waals surface area contributed by atoms with E-state index in [1.807, 2.05) is 11.3 Å². The van der Waals surface area contributed by atoms with Crippen molar-refractivity contribution < 1.29 is 0 Å². The van der Waals surface area contributed by atoms with E-state index < -0.39 is 0 Å². The predicted molar refractivity (Wildman–Crippen MR) is 172 cm³/mol. The van der Waals surface area contributed by atoms with Crippen molar-refractivity contribution in [2.24, 2.45) is 0 Å². The number of para-hydroxylation sites is 1. The Labute approximate surface area is 231 Å². The minimum atomic E-state index is 1.03. The van der Waals surface area contributed by atoms with Crippen LogP contribution in [0.3, 0.4) is 0 Å². The Kier molecular flexibility index (Phi) is 5.11. The summed E-state index contributed by atoms with van der Waals surface area (Å²) < 4.78 is 2.64. The van der Waals surface area contributed by atoms with E-state index in [0.29, 0.717) is 0 Å². The fourth-order valence-corrected chi connectivity index (χ4v) is 7.50. The molecule has 0 fully saturated rings. The Morgan fingerprint density at radius 3 is 2.49 bits per heavy atom.